The van der Waals surface area contributed by atoms with Gasteiger partial charge in [-0.3, -0.25) is 9.79 Å². The molecule has 1 heterocycles. The van der Waals surface area contributed by atoms with E-state index in [2.05, 4.69) is 25.7 Å². The lowest BCUT2D eigenvalue weighted by atomic mass is 9.44. The molecule has 5 heteroatoms. The Balaban J connectivity index is 1.23. The predicted molar refractivity (Wildman–Crippen MR) is 150 cm³/mol. The van der Waals surface area contributed by atoms with Crippen LogP contribution in [0.4, 0.5) is 0 Å². The molecular formula is C32H54N2O3. The van der Waals surface area contributed by atoms with Crippen LogP contribution in [0.15, 0.2) is 4.99 Å². The van der Waals surface area contributed by atoms with Crippen LogP contribution in [0.5, 0.6) is 0 Å². The number of likely N-dealkylation sites (tertiary alicyclic amines) is 1. The van der Waals surface area contributed by atoms with Crippen molar-refractivity contribution in [2.24, 2.45) is 51.3 Å². The van der Waals surface area contributed by atoms with Crippen LogP contribution in [-0.2, 0) is 9.53 Å². The lowest BCUT2D eigenvalue weighted by molar-refractivity contribution is -0.150. The first-order chi connectivity index (χ1) is 17.8. The molecule has 5 rings (SSSR count). The van der Waals surface area contributed by atoms with E-state index in [1.807, 2.05) is 0 Å². The Hall–Kier alpha value is -0.940. The maximum absolute atomic E-state index is 11.8. The molecule has 5 aliphatic rings. The molecule has 0 spiro atoms. The number of piperidine rings is 1. The van der Waals surface area contributed by atoms with E-state index in [4.69, 9.17) is 9.73 Å². The molecule has 9 atom stereocenters. The fourth-order valence-electron chi connectivity index (χ4n) is 10.4. The monoisotopic (exact) mass is 514 g/mol. The van der Waals surface area contributed by atoms with Crippen LogP contribution >= 0.6 is 0 Å². The summed E-state index contributed by atoms with van der Waals surface area (Å²) >= 11 is 0. The number of aliphatic imine (C=N–C) groups is 1. The lowest BCUT2D eigenvalue weighted by Crippen LogP contribution is -2.58. The highest BCUT2D eigenvalue weighted by Crippen LogP contribution is 2.68. The minimum atomic E-state index is -0.183. The largest absolute Gasteiger partial charge is 0.469 e. The summed E-state index contributed by atoms with van der Waals surface area (Å²) in [7, 11) is 1.50. The van der Waals surface area contributed by atoms with E-state index in [0.29, 0.717) is 35.5 Å². The first-order valence-corrected chi connectivity index (χ1v) is 15.8. The van der Waals surface area contributed by atoms with E-state index in [1.54, 1.807) is 0 Å². The SMILES string of the molecule is COC(=O)CC[C@@H](C)[C@H]1CCC2C3C[C@H](O)C4C/C(=N/CCN5CCCCC5)CC[C@]4(C)C3CC[C@@]21C. The van der Waals surface area contributed by atoms with Gasteiger partial charge in [0.2, 0.25) is 0 Å². The molecule has 1 N–H and O–H groups in total. The van der Waals surface area contributed by atoms with Gasteiger partial charge < -0.3 is 14.7 Å². The quantitative estimate of drug-likeness (QED) is 0.415. The molecule has 0 amide bonds. The highest BCUT2D eigenvalue weighted by Gasteiger charge is 2.62. The van der Waals surface area contributed by atoms with Gasteiger partial charge in [-0.15, -0.1) is 0 Å². The molecule has 0 aromatic carbocycles. The second-order valence-electron chi connectivity index (χ2n) is 14.2. The highest BCUT2D eigenvalue weighted by molar-refractivity contribution is 5.85. The van der Waals surface area contributed by atoms with Crippen molar-refractivity contribution in [3.63, 3.8) is 0 Å². The number of carbonyl (C=O) groups is 1. The Labute approximate surface area is 226 Å². The number of aliphatic hydroxyl groups excluding tert-OH is 1. The van der Waals surface area contributed by atoms with Crippen molar-refractivity contribution in [1.29, 1.82) is 0 Å². The number of carbonyl (C=O) groups excluding carboxylic acids is 1. The van der Waals surface area contributed by atoms with Crippen LogP contribution in [0.3, 0.4) is 0 Å². The van der Waals surface area contributed by atoms with E-state index in [-0.39, 0.29) is 17.5 Å². The van der Waals surface area contributed by atoms with Crippen molar-refractivity contribution in [2.75, 3.05) is 33.3 Å². The Morgan fingerprint density at radius 2 is 1.84 bits per heavy atom. The van der Waals surface area contributed by atoms with Crippen molar-refractivity contribution in [1.82, 2.24) is 4.90 Å². The van der Waals surface area contributed by atoms with E-state index < -0.39 is 0 Å². The van der Waals surface area contributed by atoms with E-state index in [0.717, 1.165) is 50.6 Å². The summed E-state index contributed by atoms with van der Waals surface area (Å²) in [5, 5.41) is 11.6. The molecule has 0 bridgehead atoms. The van der Waals surface area contributed by atoms with Gasteiger partial charge in [0.05, 0.1) is 19.8 Å². The number of fused-ring (bicyclic) bond motifs is 5. The average Bonchev–Trinajstić information content (AvgIpc) is 3.26. The summed E-state index contributed by atoms with van der Waals surface area (Å²) in [6.45, 7) is 12.0. The van der Waals surface area contributed by atoms with Crippen LogP contribution in [0, 0.1) is 46.3 Å². The van der Waals surface area contributed by atoms with Gasteiger partial charge in [-0.25, -0.2) is 0 Å². The normalized spacial score (nSPS) is 44.1. The van der Waals surface area contributed by atoms with Gasteiger partial charge in [0.25, 0.3) is 0 Å². The van der Waals surface area contributed by atoms with Crippen molar-refractivity contribution >= 4 is 11.7 Å². The number of esters is 1. The predicted octanol–water partition coefficient (Wildman–Crippen LogP) is 6.13. The number of nitrogens with zero attached hydrogens (tertiary/aromatic N) is 2. The molecule has 4 aliphatic carbocycles. The Kier molecular flexibility index (Phi) is 8.42. The van der Waals surface area contributed by atoms with Crippen molar-refractivity contribution in [3.05, 3.63) is 0 Å². The summed E-state index contributed by atoms with van der Waals surface area (Å²) in [6.07, 6.45) is 15.0. The maximum atomic E-state index is 11.8. The minimum Gasteiger partial charge on any atom is -0.469 e. The molecule has 0 aromatic rings. The molecule has 0 aromatic heterocycles. The number of methoxy groups -OCH3 is 1. The second-order valence-corrected chi connectivity index (χ2v) is 14.2. The van der Waals surface area contributed by atoms with Crippen LogP contribution in [0.1, 0.15) is 104 Å². The molecule has 1 aliphatic heterocycles. The second kappa shape index (κ2) is 11.3. The van der Waals surface area contributed by atoms with Gasteiger partial charge in [0.15, 0.2) is 0 Å². The van der Waals surface area contributed by atoms with E-state index >= 15 is 0 Å². The maximum Gasteiger partial charge on any atom is 0.305 e. The van der Waals surface area contributed by atoms with Crippen LogP contribution in [-0.4, -0.2) is 61.1 Å². The fraction of sp³-hybridized carbons (Fsp3) is 0.938. The van der Waals surface area contributed by atoms with Crippen molar-refractivity contribution in [2.45, 2.75) is 110 Å². The molecule has 4 saturated carbocycles. The number of aliphatic hydroxyl groups is 1. The standard InChI is InChI=1S/C32H54N2O3/c1-22(8-11-30(36)37-4)25-9-10-26-24-21-29(35)28-20-23(33-16-19-34-17-6-5-7-18-34)12-14-32(28,3)27(24)13-15-31(25,26)2/h22,24-29,35H,5-21H2,1-4H3/b33-23+/t22-,24?,25-,26?,27?,28?,29+,31-,32-/m1/s1. The first-order valence-electron chi connectivity index (χ1n) is 15.8. The zero-order valence-corrected chi connectivity index (χ0v) is 24.2. The first kappa shape index (κ1) is 27.6. The number of rotatable bonds is 7. The molecule has 5 nitrogen and oxygen atoms in total. The fourth-order valence-corrected chi connectivity index (χ4v) is 10.4. The molecule has 37 heavy (non-hydrogen) atoms. The van der Waals surface area contributed by atoms with E-state index in [1.165, 1.54) is 77.3 Å². The van der Waals surface area contributed by atoms with Gasteiger partial charge in [0.1, 0.15) is 0 Å². The third-order valence-electron chi connectivity index (χ3n) is 12.5. The highest BCUT2D eigenvalue weighted by atomic mass is 16.5. The van der Waals surface area contributed by atoms with Crippen LogP contribution < -0.4 is 0 Å². The Bertz CT molecular complexity index is 838. The number of ether oxygens (including phenoxy) is 1. The van der Waals surface area contributed by atoms with E-state index in [9.17, 15) is 9.90 Å². The summed E-state index contributed by atoms with van der Waals surface area (Å²) in [5.41, 5.74) is 2.00. The molecule has 0 radical (unpaired) electrons. The summed E-state index contributed by atoms with van der Waals surface area (Å²) in [6, 6.07) is 0. The molecular weight excluding hydrogens is 460 g/mol. The zero-order chi connectivity index (χ0) is 26.2. The molecule has 1 saturated heterocycles. The molecule has 4 unspecified atom stereocenters. The minimum absolute atomic E-state index is 0.0728. The lowest BCUT2D eigenvalue weighted by Gasteiger charge is -2.62. The van der Waals surface area contributed by atoms with Crippen LogP contribution in [0.2, 0.25) is 0 Å². The Morgan fingerprint density at radius 3 is 2.59 bits per heavy atom. The Morgan fingerprint density at radius 1 is 1.08 bits per heavy atom. The third-order valence-corrected chi connectivity index (χ3v) is 12.5. The summed E-state index contributed by atoms with van der Waals surface area (Å²) in [4.78, 5) is 19.5. The van der Waals surface area contributed by atoms with Crippen molar-refractivity contribution in [3.8, 4) is 0 Å². The number of hydrogen-bond acceptors (Lipinski definition) is 5. The summed E-state index contributed by atoms with van der Waals surface area (Å²) in [5.74, 6) is 3.69. The van der Waals surface area contributed by atoms with Gasteiger partial charge >= 0.3 is 5.97 Å². The smallest absolute Gasteiger partial charge is 0.305 e. The third kappa shape index (κ3) is 5.30. The molecule has 210 valence electrons. The average molecular weight is 515 g/mol. The zero-order valence-electron chi connectivity index (χ0n) is 24.2. The number of hydrogen-bond donors (Lipinski definition) is 1. The molecule has 5 fully saturated rings. The summed E-state index contributed by atoms with van der Waals surface area (Å²) < 4.78 is 4.92. The van der Waals surface area contributed by atoms with Gasteiger partial charge in [-0.1, -0.05) is 27.2 Å². The topological polar surface area (TPSA) is 62.1 Å². The van der Waals surface area contributed by atoms with Gasteiger partial charge in [0, 0.05) is 18.7 Å². The van der Waals surface area contributed by atoms with Gasteiger partial charge in [-0.2, -0.15) is 0 Å². The van der Waals surface area contributed by atoms with Gasteiger partial charge in [-0.05, 0) is 130 Å². The van der Waals surface area contributed by atoms with Crippen LogP contribution in [0.25, 0.3) is 0 Å². The van der Waals surface area contributed by atoms with Crippen molar-refractivity contribution < 1.29 is 14.6 Å².